The van der Waals surface area contributed by atoms with Crippen molar-refractivity contribution in [1.29, 1.82) is 0 Å². The highest BCUT2D eigenvalue weighted by atomic mass is 32.2. The van der Waals surface area contributed by atoms with E-state index in [0.717, 1.165) is 6.07 Å². The molecule has 0 aliphatic heterocycles. The van der Waals surface area contributed by atoms with Crippen LogP contribution in [-0.2, 0) is 10.0 Å². The van der Waals surface area contributed by atoms with E-state index in [0.29, 0.717) is 12.1 Å². The third-order valence-electron chi connectivity index (χ3n) is 2.32. The number of hydrogen-bond donors (Lipinski definition) is 2. The van der Waals surface area contributed by atoms with Crippen molar-refractivity contribution < 1.29 is 12.8 Å². The molecule has 1 aromatic rings. The Morgan fingerprint density at radius 1 is 1.35 bits per heavy atom. The lowest BCUT2D eigenvalue weighted by Crippen LogP contribution is -2.33. The zero-order valence-corrected chi connectivity index (χ0v) is 10.9. The first-order valence-corrected chi connectivity index (χ1v) is 6.83. The molecular formula is C11H17FN2O2S. The lowest BCUT2D eigenvalue weighted by Gasteiger charge is -2.14. The summed E-state index contributed by atoms with van der Waals surface area (Å²) in [6.45, 7) is 3.63. The smallest absolute Gasteiger partial charge is 0.236 e. The zero-order valence-electron chi connectivity index (χ0n) is 10.1. The van der Waals surface area contributed by atoms with Crippen LogP contribution in [0.4, 0.5) is 10.1 Å². The van der Waals surface area contributed by atoms with Gasteiger partial charge in [-0.15, -0.1) is 0 Å². The average Bonchev–Trinajstić information content (AvgIpc) is 2.15. The SMILES string of the molecule is CNCC(C)S(=O)(=O)Nc1cc(C)cc(F)c1. The normalized spacial score (nSPS) is 13.4. The maximum atomic E-state index is 13.1. The maximum absolute atomic E-state index is 13.1. The van der Waals surface area contributed by atoms with Crippen molar-refractivity contribution >= 4 is 15.7 Å². The summed E-state index contributed by atoms with van der Waals surface area (Å²) < 4.78 is 39.2. The second-order valence-corrected chi connectivity index (χ2v) is 6.13. The number of anilines is 1. The third kappa shape index (κ3) is 3.98. The molecule has 2 N–H and O–H groups in total. The van der Waals surface area contributed by atoms with Gasteiger partial charge < -0.3 is 5.32 Å². The fourth-order valence-electron chi connectivity index (χ4n) is 1.46. The topological polar surface area (TPSA) is 58.2 Å². The van der Waals surface area contributed by atoms with Crippen molar-refractivity contribution in [3.63, 3.8) is 0 Å². The molecule has 1 atom stereocenters. The molecule has 0 spiro atoms. The summed E-state index contributed by atoms with van der Waals surface area (Å²) in [6.07, 6.45) is 0. The lowest BCUT2D eigenvalue weighted by molar-refractivity contribution is 0.583. The summed E-state index contributed by atoms with van der Waals surface area (Å²) in [7, 11) is -1.81. The first-order valence-electron chi connectivity index (χ1n) is 5.28. The molecule has 0 heterocycles. The van der Waals surface area contributed by atoms with E-state index < -0.39 is 21.1 Å². The Bertz CT molecular complexity index is 468. The highest BCUT2D eigenvalue weighted by Gasteiger charge is 2.19. The van der Waals surface area contributed by atoms with Gasteiger partial charge in [0.25, 0.3) is 0 Å². The molecule has 0 bridgehead atoms. The highest BCUT2D eigenvalue weighted by Crippen LogP contribution is 2.16. The van der Waals surface area contributed by atoms with Gasteiger partial charge in [-0.25, -0.2) is 12.8 Å². The van der Waals surface area contributed by atoms with E-state index in [4.69, 9.17) is 0 Å². The van der Waals surface area contributed by atoms with Gasteiger partial charge in [-0.3, -0.25) is 4.72 Å². The summed E-state index contributed by atoms with van der Waals surface area (Å²) in [4.78, 5) is 0. The van der Waals surface area contributed by atoms with Gasteiger partial charge in [0.2, 0.25) is 10.0 Å². The number of benzene rings is 1. The van der Waals surface area contributed by atoms with E-state index >= 15 is 0 Å². The first-order chi connectivity index (χ1) is 7.85. The minimum atomic E-state index is -3.49. The molecule has 0 aliphatic rings. The first kappa shape index (κ1) is 13.9. The van der Waals surface area contributed by atoms with Crippen molar-refractivity contribution in [3.8, 4) is 0 Å². The molecule has 1 rings (SSSR count). The van der Waals surface area contributed by atoms with Crippen LogP contribution in [0.25, 0.3) is 0 Å². The molecule has 6 heteroatoms. The molecule has 17 heavy (non-hydrogen) atoms. The maximum Gasteiger partial charge on any atom is 0.236 e. The van der Waals surface area contributed by atoms with Crippen LogP contribution in [0.2, 0.25) is 0 Å². The standard InChI is InChI=1S/C11H17FN2O2S/c1-8-4-10(12)6-11(5-8)14-17(15,16)9(2)7-13-3/h4-6,9,13-14H,7H2,1-3H3. The molecule has 0 aromatic heterocycles. The Balaban J connectivity index is 2.90. The second-order valence-electron chi connectivity index (χ2n) is 4.03. The Morgan fingerprint density at radius 3 is 2.53 bits per heavy atom. The molecule has 96 valence electrons. The highest BCUT2D eigenvalue weighted by molar-refractivity contribution is 7.93. The molecule has 0 aliphatic carbocycles. The van der Waals surface area contributed by atoms with E-state index in [-0.39, 0.29) is 5.69 Å². The molecule has 0 saturated carbocycles. The van der Waals surface area contributed by atoms with Crippen LogP contribution < -0.4 is 10.0 Å². The van der Waals surface area contributed by atoms with Crippen LogP contribution in [0.15, 0.2) is 18.2 Å². The van der Waals surface area contributed by atoms with Gasteiger partial charge in [0.1, 0.15) is 5.82 Å². The van der Waals surface area contributed by atoms with Crippen LogP contribution in [-0.4, -0.2) is 27.3 Å². The predicted molar refractivity (Wildman–Crippen MR) is 67.1 cm³/mol. The van der Waals surface area contributed by atoms with Crippen LogP contribution in [0, 0.1) is 12.7 Å². The van der Waals surface area contributed by atoms with E-state index in [1.54, 1.807) is 27.0 Å². The summed E-state index contributed by atoms with van der Waals surface area (Å²) in [5, 5.41) is 2.20. The lowest BCUT2D eigenvalue weighted by atomic mass is 10.2. The van der Waals surface area contributed by atoms with E-state index in [1.807, 2.05) is 0 Å². The van der Waals surface area contributed by atoms with E-state index in [1.165, 1.54) is 6.07 Å². The van der Waals surface area contributed by atoms with Gasteiger partial charge in [0, 0.05) is 6.54 Å². The van der Waals surface area contributed by atoms with Crippen LogP contribution in [0.3, 0.4) is 0 Å². The Morgan fingerprint density at radius 2 is 2.00 bits per heavy atom. The third-order valence-corrected chi connectivity index (χ3v) is 4.07. The molecule has 0 saturated heterocycles. The van der Waals surface area contributed by atoms with Crippen LogP contribution in [0.5, 0.6) is 0 Å². The quantitative estimate of drug-likeness (QED) is 0.843. The fraction of sp³-hybridized carbons (Fsp3) is 0.455. The van der Waals surface area contributed by atoms with Gasteiger partial charge in [0.05, 0.1) is 10.9 Å². The van der Waals surface area contributed by atoms with Gasteiger partial charge in [-0.1, -0.05) is 0 Å². The molecular weight excluding hydrogens is 243 g/mol. The Hall–Kier alpha value is -1.14. The Labute approximate surface area is 101 Å². The van der Waals surface area contributed by atoms with Crippen molar-refractivity contribution in [3.05, 3.63) is 29.6 Å². The zero-order chi connectivity index (χ0) is 13.1. The molecule has 1 unspecified atom stereocenters. The van der Waals surface area contributed by atoms with Crippen molar-refractivity contribution in [1.82, 2.24) is 5.32 Å². The van der Waals surface area contributed by atoms with Crippen molar-refractivity contribution in [2.45, 2.75) is 19.1 Å². The van der Waals surface area contributed by atoms with Crippen molar-refractivity contribution in [2.24, 2.45) is 0 Å². The van der Waals surface area contributed by atoms with Gasteiger partial charge >= 0.3 is 0 Å². The molecule has 4 nitrogen and oxygen atoms in total. The summed E-state index contributed by atoms with van der Waals surface area (Å²) in [6, 6.07) is 4.10. The minimum absolute atomic E-state index is 0.255. The number of rotatable bonds is 5. The summed E-state index contributed by atoms with van der Waals surface area (Å²) in [5.41, 5.74) is 0.925. The monoisotopic (exact) mass is 260 g/mol. The van der Waals surface area contributed by atoms with Gasteiger partial charge in [0.15, 0.2) is 0 Å². The van der Waals surface area contributed by atoms with Crippen LogP contribution in [0.1, 0.15) is 12.5 Å². The largest absolute Gasteiger partial charge is 0.318 e. The minimum Gasteiger partial charge on any atom is -0.318 e. The molecule has 0 radical (unpaired) electrons. The van der Waals surface area contributed by atoms with Gasteiger partial charge in [-0.05, 0) is 44.7 Å². The molecule has 0 amide bonds. The molecule has 1 aromatic carbocycles. The number of sulfonamides is 1. The van der Waals surface area contributed by atoms with Gasteiger partial charge in [-0.2, -0.15) is 0 Å². The number of halogens is 1. The predicted octanol–water partition coefficient (Wildman–Crippen LogP) is 1.48. The molecule has 0 fully saturated rings. The van der Waals surface area contributed by atoms with Crippen LogP contribution >= 0.6 is 0 Å². The fourth-order valence-corrected chi connectivity index (χ4v) is 2.49. The number of aryl methyl sites for hydroxylation is 1. The van der Waals surface area contributed by atoms with Crippen molar-refractivity contribution in [2.75, 3.05) is 18.3 Å². The number of hydrogen-bond acceptors (Lipinski definition) is 3. The second kappa shape index (κ2) is 5.46. The van der Waals surface area contributed by atoms with E-state index in [2.05, 4.69) is 10.0 Å². The van der Waals surface area contributed by atoms with E-state index in [9.17, 15) is 12.8 Å². The Kier molecular flexibility index (Phi) is 4.47. The average molecular weight is 260 g/mol. The summed E-state index contributed by atoms with van der Waals surface area (Å²) >= 11 is 0. The number of nitrogens with one attached hydrogen (secondary N) is 2. The summed E-state index contributed by atoms with van der Waals surface area (Å²) in [5.74, 6) is -0.455.